The lowest BCUT2D eigenvalue weighted by atomic mass is 9.77. The first-order chi connectivity index (χ1) is 13.8. The highest BCUT2D eigenvalue weighted by Crippen LogP contribution is 2.36. The summed E-state index contributed by atoms with van der Waals surface area (Å²) in [6, 6.07) is 11.1. The first kappa shape index (κ1) is 21.0. The molecule has 29 heavy (non-hydrogen) atoms. The summed E-state index contributed by atoms with van der Waals surface area (Å²) in [5, 5.41) is 12.0. The molecule has 1 amide bonds. The number of hydrogen-bond acceptors (Lipinski definition) is 5. The molecule has 0 saturated heterocycles. The van der Waals surface area contributed by atoms with Crippen LogP contribution < -0.4 is 5.32 Å². The molecule has 6 nitrogen and oxygen atoms in total. The number of aliphatic hydroxyl groups excluding tert-OH is 1. The molecule has 0 fully saturated rings. The van der Waals surface area contributed by atoms with Crippen LogP contribution in [0.25, 0.3) is 0 Å². The average molecular weight is 396 g/mol. The minimum Gasteiger partial charge on any atom is -0.459 e. The summed E-state index contributed by atoms with van der Waals surface area (Å²) in [5.74, 6) is 0.0844. The molecule has 2 aromatic rings. The van der Waals surface area contributed by atoms with E-state index in [1.165, 1.54) is 0 Å². The molecule has 1 aliphatic rings. The molecule has 2 heterocycles. The van der Waals surface area contributed by atoms with Crippen LogP contribution in [0.5, 0.6) is 0 Å². The molecule has 0 spiro atoms. The predicted octanol–water partition coefficient (Wildman–Crippen LogP) is 4.02. The normalized spacial score (nSPS) is 19.2. The van der Waals surface area contributed by atoms with Crippen molar-refractivity contribution in [3.63, 3.8) is 0 Å². The number of nitrogens with zero attached hydrogens (tertiary/aromatic N) is 1. The van der Waals surface area contributed by atoms with Crippen molar-refractivity contribution in [3.05, 3.63) is 71.8 Å². The number of amides is 1. The molecule has 3 rings (SSSR count). The van der Waals surface area contributed by atoms with Crippen LogP contribution in [0.4, 0.5) is 5.69 Å². The molecular weight excluding hydrogens is 368 g/mol. The van der Waals surface area contributed by atoms with E-state index in [4.69, 9.17) is 14.6 Å². The van der Waals surface area contributed by atoms with Crippen molar-refractivity contribution in [1.29, 1.82) is 0 Å². The summed E-state index contributed by atoms with van der Waals surface area (Å²) in [6.45, 7) is 6.80. The second-order valence-electron chi connectivity index (χ2n) is 8.27. The molecule has 0 radical (unpaired) electrons. The molecule has 1 aliphatic heterocycles. The van der Waals surface area contributed by atoms with E-state index in [9.17, 15) is 4.79 Å². The maximum atomic E-state index is 12.7. The molecule has 0 unspecified atom stereocenters. The molecule has 0 saturated carbocycles. The van der Waals surface area contributed by atoms with E-state index < -0.39 is 6.29 Å². The monoisotopic (exact) mass is 396 g/mol. The van der Waals surface area contributed by atoms with Crippen molar-refractivity contribution in [2.45, 2.75) is 46.7 Å². The molecule has 6 heteroatoms. The van der Waals surface area contributed by atoms with Crippen LogP contribution >= 0.6 is 0 Å². The number of ether oxygens (including phenoxy) is 2. The Labute approximate surface area is 171 Å². The van der Waals surface area contributed by atoms with E-state index >= 15 is 0 Å². The fraction of sp³-hybridized carbons (Fsp3) is 0.391. The van der Waals surface area contributed by atoms with Crippen molar-refractivity contribution < 1.29 is 19.4 Å². The highest BCUT2D eigenvalue weighted by molar-refractivity contribution is 6.02. The fourth-order valence-electron chi connectivity index (χ4n) is 3.08. The van der Waals surface area contributed by atoms with Crippen molar-refractivity contribution in [2.75, 3.05) is 5.32 Å². The number of allylic oxidation sites excluding steroid dienone is 1. The summed E-state index contributed by atoms with van der Waals surface area (Å²) in [5.41, 5.74) is 2.41. The van der Waals surface area contributed by atoms with Gasteiger partial charge in [-0.05, 0) is 40.7 Å². The van der Waals surface area contributed by atoms with Crippen molar-refractivity contribution >= 4 is 11.6 Å². The number of pyridine rings is 1. The number of carbonyl (C=O) groups excluding carboxylic acids is 1. The number of anilines is 1. The van der Waals surface area contributed by atoms with Gasteiger partial charge < -0.3 is 19.9 Å². The third-order valence-corrected chi connectivity index (χ3v) is 4.95. The number of rotatable bonds is 6. The molecule has 2 N–H and O–H groups in total. The zero-order chi connectivity index (χ0) is 20.9. The first-order valence-corrected chi connectivity index (χ1v) is 9.75. The molecule has 2 atom stereocenters. The molecule has 1 aromatic carbocycles. The number of carbonyl (C=O) groups is 1. The maximum absolute atomic E-state index is 12.7. The van der Waals surface area contributed by atoms with Crippen LogP contribution in [-0.2, 0) is 27.5 Å². The predicted molar refractivity (Wildman–Crippen MR) is 111 cm³/mol. The van der Waals surface area contributed by atoms with E-state index in [1.807, 2.05) is 30.3 Å². The van der Waals surface area contributed by atoms with E-state index in [0.29, 0.717) is 18.7 Å². The Morgan fingerprint density at radius 3 is 2.59 bits per heavy atom. The molecule has 0 aliphatic carbocycles. The number of aromatic nitrogens is 1. The van der Waals surface area contributed by atoms with Crippen molar-refractivity contribution in [3.8, 4) is 0 Å². The van der Waals surface area contributed by atoms with Crippen LogP contribution in [0.1, 0.15) is 38.3 Å². The Balaban J connectivity index is 1.68. The van der Waals surface area contributed by atoms with E-state index in [2.05, 4.69) is 31.1 Å². The minimum absolute atomic E-state index is 0.0142. The van der Waals surface area contributed by atoms with Crippen LogP contribution in [-0.4, -0.2) is 22.3 Å². The highest BCUT2D eigenvalue weighted by Gasteiger charge is 2.34. The van der Waals surface area contributed by atoms with Gasteiger partial charge in [-0.1, -0.05) is 45.0 Å². The SMILES string of the molecule is CC(C)(C)[C@@H]1C=C(C(=O)Nc2cccnc2)O[C@H](OCc2ccc(CO)cc2)C1. The van der Waals surface area contributed by atoms with Crippen molar-refractivity contribution in [2.24, 2.45) is 11.3 Å². The number of benzene rings is 1. The first-order valence-electron chi connectivity index (χ1n) is 9.75. The van der Waals surface area contributed by atoms with Gasteiger partial charge in [-0.15, -0.1) is 0 Å². The lowest BCUT2D eigenvalue weighted by Gasteiger charge is -2.35. The summed E-state index contributed by atoms with van der Waals surface area (Å²) >= 11 is 0. The second kappa shape index (κ2) is 9.20. The smallest absolute Gasteiger partial charge is 0.290 e. The van der Waals surface area contributed by atoms with E-state index in [-0.39, 0.29) is 29.6 Å². The number of nitrogens with one attached hydrogen (secondary N) is 1. The quantitative estimate of drug-likeness (QED) is 0.771. The van der Waals surface area contributed by atoms with Gasteiger partial charge in [0, 0.05) is 12.6 Å². The van der Waals surface area contributed by atoms with Gasteiger partial charge in [0.15, 0.2) is 5.76 Å². The zero-order valence-corrected chi connectivity index (χ0v) is 17.1. The molecule has 154 valence electrons. The molecule has 0 bridgehead atoms. The number of aliphatic hydroxyl groups is 1. The minimum atomic E-state index is -0.517. The number of hydrogen-bond donors (Lipinski definition) is 2. The Morgan fingerprint density at radius 2 is 1.97 bits per heavy atom. The molecular formula is C23H28N2O4. The third kappa shape index (κ3) is 5.89. The average Bonchev–Trinajstić information content (AvgIpc) is 2.72. The zero-order valence-electron chi connectivity index (χ0n) is 17.1. The van der Waals surface area contributed by atoms with E-state index in [1.54, 1.807) is 24.5 Å². The van der Waals surface area contributed by atoms with Crippen LogP contribution in [0.3, 0.4) is 0 Å². The van der Waals surface area contributed by atoms with Gasteiger partial charge in [0.2, 0.25) is 6.29 Å². The summed E-state index contributed by atoms with van der Waals surface area (Å²) in [4.78, 5) is 16.7. The van der Waals surface area contributed by atoms with Crippen LogP contribution in [0.2, 0.25) is 0 Å². The standard InChI is InChI=1S/C23H28N2O4/c1-23(2,3)18-11-20(22(27)25-19-5-4-10-24-13-19)29-21(12-18)28-15-17-8-6-16(14-26)7-9-17/h4-11,13,18,21,26H,12,14-15H2,1-3H3,(H,25,27)/t18-,21+/m1/s1. The van der Waals surface area contributed by atoms with Gasteiger partial charge in [-0.2, -0.15) is 0 Å². The van der Waals surface area contributed by atoms with Gasteiger partial charge >= 0.3 is 0 Å². The topological polar surface area (TPSA) is 80.7 Å². The lowest BCUT2D eigenvalue weighted by Crippen LogP contribution is -2.34. The highest BCUT2D eigenvalue weighted by atomic mass is 16.7. The third-order valence-electron chi connectivity index (χ3n) is 4.95. The summed E-state index contributed by atoms with van der Waals surface area (Å²) in [7, 11) is 0. The Kier molecular flexibility index (Phi) is 6.67. The lowest BCUT2D eigenvalue weighted by molar-refractivity contribution is -0.155. The Hall–Kier alpha value is -2.70. The fourth-order valence-corrected chi connectivity index (χ4v) is 3.08. The van der Waals surface area contributed by atoms with E-state index in [0.717, 1.165) is 11.1 Å². The Bertz CT molecular complexity index is 841. The van der Waals surface area contributed by atoms with Gasteiger partial charge in [-0.25, -0.2) is 0 Å². The second-order valence-corrected chi connectivity index (χ2v) is 8.27. The Morgan fingerprint density at radius 1 is 1.24 bits per heavy atom. The van der Waals surface area contributed by atoms with Crippen molar-refractivity contribution in [1.82, 2.24) is 4.98 Å². The summed E-state index contributed by atoms with van der Waals surface area (Å²) in [6.07, 6.45) is 5.28. The van der Waals surface area contributed by atoms with Crippen LogP contribution in [0, 0.1) is 11.3 Å². The van der Waals surface area contributed by atoms with Crippen LogP contribution in [0.15, 0.2) is 60.6 Å². The molecule has 1 aromatic heterocycles. The largest absolute Gasteiger partial charge is 0.459 e. The van der Waals surface area contributed by atoms with Gasteiger partial charge in [0.25, 0.3) is 5.91 Å². The van der Waals surface area contributed by atoms with Gasteiger partial charge in [-0.3, -0.25) is 9.78 Å². The maximum Gasteiger partial charge on any atom is 0.290 e. The van der Waals surface area contributed by atoms with Gasteiger partial charge in [0.1, 0.15) is 0 Å². The summed E-state index contributed by atoms with van der Waals surface area (Å²) < 4.78 is 11.9. The van der Waals surface area contributed by atoms with Gasteiger partial charge in [0.05, 0.1) is 25.1 Å².